The van der Waals surface area contributed by atoms with E-state index in [0.29, 0.717) is 6.42 Å². The van der Waals surface area contributed by atoms with E-state index in [-0.39, 0.29) is 0 Å². The molecule has 1 amide bonds. The Labute approximate surface area is 161 Å². The second-order valence-electron chi connectivity index (χ2n) is 7.00. The number of allylic oxidation sites excluding steroid dienone is 1. The lowest BCUT2D eigenvalue weighted by Crippen LogP contribution is -2.49. The summed E-state index contributed by atoms with van der Waals surface area (Å²) in [7, 11) is 0. The zero-order valence-electron chi connectivity index (χ0n) is 16.4. The zero-order chi connectivity index (χ0) is 20.5. The lowest BCUT2D eigenvalue weighted by molar-refractivity contribution is -0.175. The van der Waals surface area contributed by atoms with Crippen molar-refractivity contribution in [1.29, 1.82) is 0 Å². The Morgan fingerprint density at radius 1 is 0.963 bits per heavy atom. The van der Waals surface area contributed by atoms with Gasteiger partial charge in [0, 0.05) is 0 Å². The van der Waals surface area contributed by atoms with E-state index in [2.05, 4.69) is 6.92 Å². The number of carbonyl (C=O) groups excluding carboxylic acids is 1. The molecular weight excluding hydrogens is 359 g/mol. The van der Waals surface area contributed by atoms with Crippen LogP contribution in [0.5, 0.6) is 0 Å². The van der Waals surface area contributed by atoms with Crippen molar-refractivity contribution in [3.8, 4) is 0 Å². The SMILES string of the molecule is CCCCCCCCCCCCC/C=C/[C@@H](O)[C@H](CO)NC(=O)C(F)(F)F. The minimum atomic E-state index is -5.04. The standard InChI is InChI=1S/C20H36F3NO3/c1-2-3-4-5-6-7-8-9-10-11-12-13-14-15-18(26)17(16-25)24-19(27)20(21,22)23/h14-15,17-18,25-26H,2-13,16H2,1H3,(H,24,27)/b15-14+/t17-,18+/m0/s1. The molecule has 0 spiro atoms. The summed E-state index contributed by atoms with van der Waals surface area (Å²) in [6.45, 7) is 1.44. The van der Waals surface area contributed by atoms with E-state index in [1.54, 1.807) is 11.4 Å². The van der Waals surface area contributed by atoms with Gasteiger partial charge in [-0.2, -0.15) is 13.2 Å². The van der Waals surface area contributed by atoms with Crippen LogP contribution in [-0.2, 0) is 4.79 Å². The van der Waals surface area contributed by atoms with Gasteiger partial charge in [-0.25, -0.2) is 0 Å². The van der Waals surface area contributed by atoms with E-state index in [1.807, 2.05) is 0 Å². The van der Waals surface area contributed by atoms with Crippen molar-refractivity contribution in [2.75, 3.05) is 6.61 Å². The first-order valence-corrected chi connectivity index (χ1v) is 10.2. The van der Waals surface area contributed by atoms with Crippen LogP contribution in [-0.4, -0.2) is 41.0 Å². The van der Waals surface area contributed by atoms with Crippen LogP contribution in [0.2, 0.25) is 0 Å². The lowest BCUT2D eigenvalue weighted by Gasteiger charge is -2.20. The number of alkyl halides is 3. The maximum Gasteiger partial charge on any atom is 0.471 e. The summed E-state index contributed by atoms with van der Waals surface area (Å²) in [5, 5.41) is 20.4. The summed E-state index contributed by atoms with van der Waals surface area (Å²) in [4.78, 5) is 10.8. The fourth-order valence-corrected chi connectivity index (χ4v) is 2.79. The number of nitrogens with one attached hydrogen (secondary N) is 1. The molecule has 0 saturated carbocycles. The summed E-state index contributed by atoms with van der Waals surface area (Å²) in [5.41, 5.74) is 0. The van der Waals surface area contributed by atoms with Gasteiger partial charge in [0.05, 0.1) is 18.8 Å². The number of unbranched alkanes of at least 4 members (excludes halogenated alkanes) is 11. The average molecular weight is 396 g/mol. The van der Waals surface area contributed by atoms with Crippen molar-refractivity contribution in [1.82, 2.24) is 5.32 Å². The van der Waals surface area contributed by atoms with Gasteiger partial charge >= 0.3 is 12.1 Å². The summed E-state index contributed by atoms with van der Waals surface area (Å²) < 4.78 is 36.6. The van der Waals surface area contributed by atoms with E-state index in [1.165, 1.54) is 57.4 Å². The van der Waals surface area contributed by atoms with Crippen LogP contribution in [0.25, 0.3) is 0 Å². The number of carbonyl (C=O) groups is 1. The maximum absolute atomic E-state index is 12.2. The molecule has 0 aromatic rings. The highest BCUT2D eigenvalue weighted by Gasteiger charge is 2.40. The molecule has 0 rings (SSSR count). The highest BCUT2D eigenvalue weighted by atomic mass is 19.4. The van der Waals surface area contributed by atoms with Crippen LogP contribution in [0.1, 0.15) is 84.0 Å². The first-order chi connectivity index (χ1) is 12.8. The molecule has 0 bridgehead atoms. The van der Waals surface area contributed by atoms with Gasteiger partial charge in [-0.05, 0) is 12.8 Å². The Balaban J connectivity index is 3.72. The predicted octanol–water partition coefficient (Wildman–Crippen LogP) is 4.64. The number of rotatable bonds is 16. The number of aliphatic hydroxyl groups is 2. The van der Waals surface area contributed by atoms with Crippen molar-refractivity contribution >= 4 is 5.91 Å². The Bertz CT molecular complexity index is 400. The van der Waals surface area contributed by atoms with Gasteiger partial charge in [0.2, 0.25) is 0 Å². The molecule has 0 radical (unpaired) electrons. The van der Waals surface area contributed by atoms with Crippen LogP contribution in [0.3, 0.4) is 0 Å². The summed E-state index contributed by atoms with van der Waals surface area (Å²) >= 11 is 0. The number of hydrogen-bond acceptors (Lipinski definition) is 3. The molecule has 160 valence electrons. The summed E-state index contributed by atoms with van der Waals surface area (Å²) in [6, 6.07) is -1.37. The van der Waals surface area contributed by atoms with Crippen LogP contribution in [0.15, 0.2) is 12.2 Å². The normalized spacial score (nSPS) is 14.4. The van der Waals surface area contributed by atoms with Gasteiger partial charge < -0.3 is 15.5 Å². The van der Waals surface area contributed by atoms with Crippen LogP contribution >= 0.6 is 0 Å². The average Bonchev–Trinajstić information content (AvgIpc) is 2.62. The molecule has 0 aliphatic rings. The number of aliphatic hydroxyl groups excluding tert-OH is 2. The quantitative estimate of drug-likeness (QED) is 0.263. The topological polar surface area (TPSA) is 69.6 Å². The zero-order valence-corrected chi connectivity index (χ0v) is 16.4. The Morgan fingerprint density at radius 2 is 1.44 bits per heavy atom. The molecule has 4 nitrogen and oxygen atoms in total. The molecule has 0 saturated heterocycles. The van der Waals surface area contributed by atoms with Gasteiger partial charge in [-0.1, -0.05) is 83.3 Å². The van der Waals surface area contributed by atoms with Gasteiger partial charge in [-0.3, -0.25) is 4.79 Å². The van der Waals surface area contributed by atoms with Gasteiger partial charge in [0.15, 0.2) is 0 Å². The van der Waals surface area contributed by atoms with Crippen LogP contribution in [0.4, 0.5) is 13.2 Å². The third-order valence-electron chi connectivity index (χ3n) is 4.49. The van der Waals surface area contributed by atoms with Crippen molar-refractivity contribution in [3.63, 3.8) is 0 Å². The highest BCUT2D eigenvalue weighted by molar-refractivity contribution is 5.82. The third-order valence-corrected chi connectivity index (χ3v) is 4.49. The molecule has 0 heterocycles. The van der Waals surface area contributed by atoms with Crippen molar-refractivity contribution in [2.45, 2.75) is 102 Å². The van der Waals surface area contributed by atoms with Gasteiger partial charge in [0.1, 0.15) is 0 Å². The molecule has 0 aromatic heterocycles. The van der Waals surface area contributed by atoms with E-state index < -0.39 is 30.8 Å². The summed E-state index contributed by atoms with van der Waals surface area (Å²) in [5.74, 6) is -2.17. The number of halogens is 3. The molecule has 0 aliphatic heterocycles. The fourth-order valence-electron chi connectivity index (χ4n) is 2.79. The first kappa shape index (κ1) is 25.9. The van der Waals surface area contributed by atoms with Gasteiger partial charge in [0.25, 0.3) is 0 Å². The van der Waals surface area contributed by atoms with Crippen molar-refractivity contribution < 1.29 is 28.2 Å². The van der Waals surface area contributed by atoms with Gasteiger partial charge in [-0.15, -0.1) is 0 Å². The minimum absolute atomic E-state index is 0.708. The van der Waals surface area contributed by atoms with Crippen molar-refractivity contribution in [3.05, 3.63) is 12.2 Å². The second kappa shape index (κ2) is 15.9. The first-order valence-electron chi connectivity index (χ1n) is 10.2. The smallest absolute Gasteiger partial charge is 0.394 e. The molecule has 0 aliphatic carbocycles. The molecule has 27 heavy (non-hydrogen) atoms. The largest absolute Gasteiger partial charge is 0.471 e. The van der Waals surface area contributed by atoms with E-state index in [4.69, 9.17) is 5.11 Å². The van der Waals surface area contributed by atoms with Crippen molar-refractivity contribution in [2.24, 2.45) is 0 Å². The van der Waals surface area contributed by atoms with E-state index >= 15 is 0 Å². The van der Waals surface area contributed by atoms with Crippen LogP contribution in [0, 0.1) is 0 Å². The minimum Gasteiger partial charge on any atom is -0.394 e. The molecule has 2 atom stereocenters. The van der Waals surface area contributed by atoms with E-state index in [0.717, 1.165) is 19.3 Å². The highest BCUT2D eigenvalue weighted by Crippen LogP contribution is 2.15. The fraction of sp³-hybridized carbons (Fsp3) is 0.850. The third kappa shape index (κ3) is 14.6. The van der Waals surface area contributed by atoms with E-state index in [9.17, 15) is 23.1 Å². The molecule has 0 unspecified atom stereocenters. The number of hydrogen-bond donors (Lipinski definition) is 3. The monoisotopic (exact) mass is 395 g/mol. The molecular formula is C20H36F3NO3. The Hall–Kier alpha value is -1.08. The number of amides is 1. The van der Waals surface area contributed by atoms with Crippen LogP contribution < -0.4 is 5.32 Å². The lowest BCUT2D eigenvalue weighted by atomic mass is 10.0. The molecule has 7 heteroatoms. The second-order valence-corrected chi connectivity index (χ2v) is 7.00. The maximum atomic E-state index is 12.2. The molecule has 3 N–H and O–H groups in total. The Kier molecular flexibility index (Phi) is 15.3. The molecule has 0 aromatic carbocycles. The molecule has 0 fully saturated rings. The summed E-state index contributed by atoms with van der Waals surface area (Å²) in [6.07, 6.45) is 10.9. The predicted molar refractivity (Wildman–Crippen MR) is 101 cm³/mol. The Morgan fingerprint density at radius 3 is 1.89 bits per heavy atom.